The van der Waals surface area contributed by atoms with Gasteiger partial charge in [0.05, 0.1) is 6.04 Å². The molecule has 0 saturated heterocycles. The van der Waals surface area contributed by atoms with Gasteiger partial charge in [-0.2, -0.15) is 0 Å². The van der Waals surface area contributed by atoms with Crippen LogP contribution in [0, 0.1) is 6.92 Å². The molecule has 1 aliphatic rings. The first-order valence-electron chi connectivity index (χ1n) is 6.76. The molecule has 0 amide bonds. The molecule has 2 aromatic rings. The molecule has 1 aromatic heterocycles. The van der Waals surface area contributed by atoms with Gasteiger partial charge in [0, 0.05) is 17.8 Å². The SMILES string of the molecule is Cc1ccc(C(NN)C2CCc3ccccc32)cn1. The van der Waals surface area contributed by atoms with Gasteiger partial charge in [0.2, 0.25) is 0 Å². The van der Waals surface area contributed by atoms with Gasteiger partial charge in [-0.25, -0.2) is 0 Å². The first kappa shape index (κ1) is 12.3. The summed E-state index contributed by atoms with van der Waals surface area (Å²) in [6, 6.07) is 13.0. The van der Waals surface area contributed by atoms with Gasteiger partial charge in [-0.1, -0.05) is 30.3 Å². The van der Waals surface area contributed by atoms with Crippen molar-refractivity contribution in [1.29, 1.82) is 0 Å². The number of nitrogens with two attached hydrogens (primary N) is 1. The lowest BCUT2D eigenvalue weighted by atomic mass is 9.89. The van der Waals surface area contributed by atoms with Crippen molar-refractivity contribution in [1.82, 2.24) is 10.4 Å². The lowest BCUT2D eigenvalue weighted by Gasteiger charge is -2.24. The molecule has 1 heterocycles. The van der Waals surface area contributed by atoms with Crippen LogP contribution in [0.1, 0.15) is 40.8 Å². The molecule has 0 radical (unpaired) electrons. The van der Waals surface area contributed by atoms with Gasteiger partial charge in [0.15, 0.2) is 0 Å². The second-order valence-corrected chi connectivity index (χ2v) is 5.22. The molecule has 0 spiro atoms. The average Bonchev–Trinajstić information content (AvgIpc) is 2.86. The summed E-state index contributed by atoms with van der Waals surface area (Å²) in [7, 11) is 0. The highest BCUT2D eigenvalue weighted by Gasteiger charge is 2.29. The van der Waals surface area contributed by atoms with Crippen molar-refractivity contribution < 1.29 is 0 Å². The molecule has 3 rings (SSSR count). The molecular formula is C16H19N3. The van der Waals surface area contributed by atoms with Gasteiger partial charge >= 0.3 is 0 Å². The molecule has 0 saturated carbocycles. The predicted molar refractivity (Wildman–Crippen MR) is 76.5 cm³/mol. The van der Waals surface area contributed by atoms with Crippen LogP contribution in [0.25, 0.3) is 0 Å². The summed E-state index contributed by atoms with van der Waals surface area (Å²) in [6.07, 6.45) is 4.21. The van der Waals surface area contributed by atoms with E-state index >= 15 is 0 Å². The molecule has 19 heavy (non-hydrogen) atoms. The lowest BCUT2D eigenvalue weighted by molar-refractivity contribution is 0.452. The van der Waals surface area contributed by atoms with Gasteiger partial charge in [-0.05, 0) is 42.5 Å². The zero-order chi connectivity index (χ0) is 13.2. The van der Waals surface area contributed by atoms with Crippen LogP contribution >= 0.6 is 0 Å². The topological polar surface area (TPSA) is 50.9 Å². The van der Waals surface area contributed by atoms with E-state index in [2.05, 4.69) is 40.7 Å². The molecule has 3 nitrogen and oxygen atoms in total. The third-order valence-corrected chi connectivity index (χ3v) is 4.05. The molecule has 98 valence electrons. The second-order valence-electron chi connectivity index (χ2n) is 5.22. The van der Waals surface area contributed by atoms with Gasteiger partial charge in [0.1, 0.15) is 0 Å². The van der Waals surface area contributed by atoms with Crippen LogP contribution in [0.15, 0.2) is 42.6 Å². The van der Waals surface area contributed by atoms with Crippen LogP contribution in [0.3, 0.4) is 0 Å². The van der Waals surface area contributed by atoms with Crippen LogP contribution in [0.4, 0.5) is 0 Å². The molecule has 1 aliphatic carbocycles. The zero-order valence-corrected chi connectivity index (χ0v) is 11.1. The Kier molecular flexibility index (Phi) is 3.32. The van der Waals surface area contributed by atoms with Gasteiger partial charge in [0.25, 0.3) is 0 Å². The molecule has 2 atom stereocenters. The molecule has 2 unspecified atom stereocenters. The molecule has 3 heteroatoms. The maximum absolute atomic E-state index is 5.80. The van der Waals surface area contributed by atoms with Crippen molar-refractivity contribution in [2.24, 2.45) is 5.84 Å². The predicted octanol–water partition coefficient (Wildman–Crippen LogP) is 2.62. The Morgan fingerprint density at radius 3 is 2.84 bits per heavy atom. The fraction of sp³-hybridized carbons (Fsp3) is 0.312. The number of benzene rings is 1. The Morgan fingerprint density at radius 2 is 2.11 bits per heavy atom. The number of nitrogens with one attached hydrogen (secondary N) is 1. The van der Waals surface area contributed by atoms with Crippen LogP contribution < -0.4 is 11.3 Å². The van der Waals surface area contributed by atoms with Crippen LogP contribution in [-0.2, 0) is 6.42 Å². The van der Waals surface area contributed by atoms with E-state index in [-0.39, 0.29) is 6.04 Å². The van der Waals surface area contributed by atoms with E-state index in [1.165, 1.54) is 11.1 Å². The Hall–Kier alpha value is -1.71. The summed E-state index contributed by atoms with van der Waals surface area (Å²) >= 11 is 0. The Morgan fingerprint density at radius 1 is 1.26 bits per heavy atom. The molecule has 0 fully saturated rings. The highest BCUT2D eigenvalue weighted by atomic mass is 15.2. The first-order chi connectivity index (χ1) is 9.29. The van der Waals surface area contributed by atoms with Crippen LogP contribution in [0.2, 0.25) is 0 Å². The Bertz CT molecular complexity index is 562. The van der Waals surface area contributed by atoms with Crippen molar-refractivity contribution in [2.45, 2.75) is 31.7 Å². The number of aryl methyl sites for hydroxylation is 2. The van der Waals surface area contributed by atoms with Gasteiger partial charge in [-0.15, -0.1) is 0 Å². The summed E-state index contributed by atoms with van der Waals surface area (Å²) in [5.74, 6) is 6.24. The van der Waals surface area contributed by atoms with Gasteiger partial charge in [-0.3, -0.25) is 16.3 Å². The average molecular weight is 253 g/mol. The summed E-state index contributed by atoms with van der Waals surface area (Å²) in [4.78, 5) is 4.38. The normalized spacial score (nSPS) is 19.2. The third-order valence-electron chi connectivity index (χ3n) is 4.05. The monoisotopic (exact) mass is 253 g/mol. The smallest absolute Gasteiger partial charge is 0.0543 e. The maximum Gasteiger partial charge on any atom is 0.0543 e. The number of hydrazine groups is 1. The van der Waals surface area contributed by atoms with E-state index in [4.69, 9.17) is 5.84 Å². The highest BCUT2D eigenvalue weighted by molar-refractivity contribution is 5.38. The number of nitrogens with zero attached hydrogens (tertiary/aromatic N) is 1. The number of rotatable bonds is 3. The van der Waals surface area contributed by atoms with E-state index in [9.17, 15) is 0 Å². The van der Waals surface area contributed by atoms with E-state index < -0.39 is 0 Å². The minimum absolute atomic E-state index is 0.136. The summed E-state index contributed by atoms with van der Waals surface area (Å²) in [6.45, 7) is 2.00. The largest absolute Gasteiger partial charge is 0.271 e. The minimum Gasteiger partial charge on any atom is -0.271 e. The molecular weight excluding hydrogens is 234 g/mol. The van der Waals surface area contributed by atoms with Crippen LogP contribution in [0.5, 0.6) is 0 Å². The number of hydrogen-bond acceptors (Lipinski definition) is 3. The summed E-state index contributed by atoms with van der Waals surface area (Å²) in [5, 5.41) is 0. The van der Waals surface area contributed by atoms with E-state index in [1.54, 1.807) is 0 Å². The fourth-order valence-electron chi connectivity index (χ4n) is 3.04. The second kappa shape index (κ2) is 5.11. The lowest BCUT2D eigenvalue weighted by Crippen LogP contribution is -2.32. The highest BCUT2D eigenvalue weighted by Crippen LogP contribution is 2.40. The third kappa shape index (κ3) is 2.27. The van der Waals surface area contributed by atoms with Crippen molar-refractivity contribution in [3.05, 3.63) is 65.0 Å². The van der Waals surface area contributed by atoms with E-state index in [0.29, 0.717) is 5.92 Å². The van der Waals surface area contributed by atoms with Gasteiger partial charge < -0.3 is 0 Å². The number of fused-ring (bicyclic) bond motifs is 1. The quantitative estimate of drug-likeness (QED) is 0.653. The standard InChI is InChI=1S/C16H19N3/c1-11-6-7-13(10-18-11)16(19-17)15-9-8-12-4-2-3-5-14(12)15/h2-7,10,15-16,19H,8-9,17H2,1H3. The van der Waals surface area contributed by atoms with Crippen molar-refractivity contribution in [3.8, 4) is 0 Å². The molecule has 0 bridgehead atoms. The fourth-order valence-corrected chi connectivity index (χ4v) is 3.04. The van der Waals surface area contributed by atoms with Crippen LogP contribution in [-0.4, -0.2) is 4.98 Å². The van der Waals surface area contributed by atoms with E-state index in [1.807, 2.05) is 19.2 Å². The van der Waals surface area contributed by atoms with Crippen molar-refractivity contribution in [3.63, 3.8) is 0 Å². The number of pyridine rings is 1. The molecule has 1 aromatic carbocycles. The summed E-state index contributed by atoms with van der Waals surface area (Å²) < 4.78 is 0. The Labute approximate surface area is 113 Å². The maximum atomic E-state index is 5.80. The number of aromatic nitrogens is 1. The molecule has 0 aliphatic heterocycles. The molecule has 3 N–H and O–H groups in total. The minimum atomic E-state index is 0.136. The van der Waals surface area contributed by atoms with Crippen molar-refractivity contribution in [2.75, 3.05) is 0 Å². The number of hydrogen-bond donors (Lipinski definition) is 2. The van der Waals surface area contributed by atoms with Crippen molar-refractivity contribution >= 4 is 0 Å². The zero-order valence-electron chi connectivity index (χ0n) is 11.1. The van der Waals surface area contributed by atoms with E-state index in [0.717, 1.165) is 24.1 Å². The summed E-state index contributed by atoms with van der Waals surface area (Å²) in [5.41, 5.74) is 8.05. The first-order valence-corrected chi connectivity index (χ1v) is 6.76. The Balaban J connectivity index is 1.94.